The van der Waals surface area contributed by atoms with Crippen molar-refractivity contribution in [3.05, 3.63) is 47.6 Å². The summed E-state index contributed by atoms with van der Waals surface area (Å²) >= 11 is 0. The van der Waals surface area contributed by atoms with Crippen molar-refractivity contribution < 1.29 is 14.6 Å². The number of carbonyl (C=O) groups is 1. The number of nitrogens with zero attached hydrogens (tertiary/aromatic N) is 1. The van der Waals surface area contributed by atoms with Crippen LogP contribution < -0.4 is 4.89 Å². The first-order valence-corrected chi connectivity index (χ1v) is 7.39. The number of fused-ring (bicyclic) bond motifs is 1. The van der Waals surface area contributed by atoms with Crippen LogP contribution in [0.5, 0.6) is 5.75 Å². The third-order valence-electron chi connectivity index (χ3n) is 3.75. The minimum absolute atomic E-state index is 0.107. The zero-order valence-corrected chi connectivity index (χ0v) is 12.0. The lowest BCUT2D eigenvalue weighted by atomic mass is 10.1. The second-order valence-corrected chi connectivity index (χ2v) is 5.32. The first kappa shape index (κ1) is 13.9. The average molecular weight is 285 g/mol. The summed E-state index contributed by atoms with van der Waals surface area (Å²) < 4.78 is 0. The molecular weight excluding hydrogens is 266 g/mol. The van der Waals surface area contributed by atoms with E-state index in [4.69, 9.17) is 9.78 Å². The fraction of sp³-hybridized carbons (Fsp3) is 0.353. The smallest absolute Gasteiger partial charge is 0.246 e. The summed E-state index contributed by atoms with van der Waals surface area (Å²) in [4.78, 5) is 23.7. The highest BCUT2D eigenvalue weighted by Gasteiger charge is 2.14. The summed E-state index contributed by atoms with van der Waals surface area (Å²) in [5.74, 6) is 0.887. The molecule has 1 amide bonds. The number of carbonyl (C=O) groups excluding carboxylic acids is 1. The fourth-order valence-corrected chi connectivity index (χ4v) is 2.58. The van der Waals surface area contributed by atoms with Gasteiger partial charge in [-0.2, -0.15) is 4.89 Å². The third kappa shape index (κ3) is 3.52. The molecule has 1 aromatic carbocycles. The van der Waals surface area contributed by atoms with Crippen LogP contribution in [0.3, 0.4) is 0 Å². The molecule has 4 nitrogen and oxygen atoms in total. The minimum Gasteiger partial charge on any atom is -0.339 e. The molecule has 0 unspecified atom stereocenters. The Hall–Kier alpha value is -2.07. The maximum absolute atomic E-state index is 11.9. The molecule has 0 bridgehead atoms. The van der Waals surface area contributed by atoms with Gasteiger partial charge in [0.25, 0.3) is 0 Å². The Morgan fingerprint density at radius 3 is 2.86 bits per heavy atom. The molecule has 21 heavy (non-hydrogen) atoms. The van der Waals surface area contributed by atoms with Gasteiger partial charge in [-0.3, -0.25) is 4.79 Å². The number of piperidine rings is 1. The van der Waals surface area contributed by atoms with Crippen molar-refractivity contribution in [2.24, 2.45) is 0 Å². The zero-order valence-electron chi connectivity index (χ0n) is 12.0. The lowest BCUT2D eigenvalue weighted by molar-refractivity contribution is -0.194. The second kappa shape index (κ2) is 6.59. The molecule has 0 N–H and O–H groups in total. The van der Waals surface area contributed by atoms with Gasteiger partial charge in [-0.15, -0.1) is 0 Å². The van der Waals surface area contributed by atoms with E-state index in [1.165, 1.54) is 6.42 Å². The van der Waals surface area contributed by atoms with Gasteiger partial charge >= 0.3 is 0 Å². The van der Waals surface area contributed by atoms with E-state index < -0.39 is 0 Å². The van der Waals surface area contributed by atoms with Crippen LogP contribution >= 0.6 is 0 Å². The highest BCUT2D eigenvalue weighted by Crippen LogP contribution is 2.27. The molecule has 0 aromatic heterocycles. The predicted molar refractivity (Wildman–Crippen MR) is 80.5 cm³/mol. The number of hydrogen-bond acceptors (Lipinski definition) is 3. The van der Waals surface area contributed by atoms with Crippen molar-refractivity contribution in [3.63, 3.8) is 0 Å². The standard InChI is InChI=1S/C17H19NO3/c19-17(18-10-4-1-5-11-18)7-3-2-6-14-8-9-16-15(12-14)13-20-21-16/h2-3,6-9,12H,1,4-5,10-11,13H2/b6-2+,7-3+. The molecule has 2 heterocycles. The molecule has 0 saturated carbocycles. The molecule has 0 aliphatic carbocycles. The van der Waals surface area contributed by atoms with Gasteiger partial charge in [0.2, 0.25) is 5.91 Å². The Morgan fingerprint density at radius 1 is 1.14 bits per heavy atom. The van der Waals surface area contributed by atoms with Gasteiger partial charge in [0.1, 0.15) is 6.61 Å². The van der Waals surface area contributed by atoms with Crippen LogP contribution in [0.15, 0.2) is 36.4 Å². The van der Waals surface area contributed by atoms with E-state index in [2.05, 4.69) is 0 Å². The van der Waals surface area contributed by atoms with Crippen molar-refractivity contribution in [1.29, 1.82) is 0 Å². The summed E-state index contributed by atoms with van der Waals surface area (Å²) in [6.45, 7) is 2.26. The number of benzene rings is 1. The molecule has 3 rings (SSSR count). The molecule has 0 spiro atoms. The van der Waals surface area contributed by atoms with Crippen molar-refractivity contribution in [1.82, 2.24) is 4.90 Å². The lowest BCUT2D eigenvalue weighted by Crippen LogP contribution is -2.34. The average Bonchev–Trinajstić information content (AvgIpc) is 3.00. The van der Waals surface area contributed by atoms with Gasteiger partial charge in [-0.05, 0) is 37.0 Å². The molecule has 1 saturated heterocycles. The van der Waals surface area contributed by atoms with Gasteiger partial charge < -0.3 is 9.79 Å². The monoisotopic (exact) mass is 285 g/mol. The molecule has 110 valence electrons. The van der Waals surface area contributed by atoms with Crippen LogP contribution in [0.1, 0.15) is 30.4 Å². The highest BCUT2D eigenvalue weighted by atomic mass is 17.2. The van der Waals surface area contributed by atoms with Crippen molar-refractivity contribution >= 4 is 12.0 Å². The Bertz CT molecular complexity index is 571. The minimum atomic E-state index is 0.107. The Balaban J connectivity index is 1.56. The first-order chi connectivity index (χ1) is 10.3. The van der Waals surface area contributed by atoms with Gasteiger partial charge in [0.15, 0.2) is 5.75 Å². The topological polar surface area (TPSA) is 38.8 Å². The number of allylic oxidation sites excluding steroid dienone is 2. The third-order valence-corrected chi connectivity index (χ3v) is 3.75. The maximum Gasteiger partial charge on any atom is 0.246 e. The Kier molecular flexibility index (Phi) is 4.36. The lowest BCUT2D eigenvalue weighted by Gasteiger charge is -2.25. The number of hydrogen-bond donors (Lipinski definition) is 0. The molecule has 0 radical (unpaired) electrons. The summed E-state index contributed by atoms with van der Waals surface area (Å²) in [5, 5.41) is 0. The van der Waals surface area contributed by atoms with E-state index in [1.807, 2.05) is 35.3 Å². The quantitative estimate of drug-likeness (QED) is 0.486. The van der Waals surface area contributed by atoms with Crippen LogP contribution in [-0.4, -0.2) is 23.9 Å². The van der Waals surface area contributed by atoms with Crippen LogP contribution in [0.25, 0.3) is 6.08 Å². The Morgan fingerprint density at radius 2 is 2.00 bits per heavy atom. The molecular formula is C17H19NO3. The molecule has 1 aromatic rings. The van der Waals surface area contributed by atoms with Gasteiger partial charge in [-0.1, -0.05) is 24.3 Å². The van der Waals surface area contributed by atoms with E-state index in [9.17, 15) is 4.79 Å². The molecule has 0 atom stereocenters. The van der Waals surface area contributed by atoms with Crippen molar-refractivity contribution in [3.8, 4) is 5.75 Å². The van der Waals surface area contributed by atoms with Gasteiger partial charge in [0.05, 0.1) is 0 Å². The van der Waals surface area contributed by atoms with Crippen LogP contribution in [0.2, 0.25) is 0 Å². The molecule has 2 aliphatic heterocycles. The number of likely N-dealkylation sites (tertiary alicyclic amines) is 1. The highest BCUT2D eigenvalue weighted by molar-refractivity contribution is 5.88. The Labute approximate surface area is 124 Å². The number of amides is 1. The van der Waals surface area contributed by atoms with E-state index in [-0.39, 0.29) is 5.91 Å². The molecule has 1 fully saturated rings. The summed E-state index contributed by atoms with van der Waals surface area (Å²) in [6, 6.07) is 5.88. The van der Waals surface area contributed by atoms with Crippen molar-refractivity contribution in [2.45, 2.75) is 25.9 Å². The summed E-state index contributed by atoms with van der Waals surface area (Å²) in [6.07, 6.45) is 10.8. The normalized spacial score (nSPS) is 18.2. The zero-order chi connectivity index (χ0) is 14.5. The SMILES string of the molecule is O=C(/C=C/C=C/c1ccc2c(c1)COO2)N1CCCCC1. The predicted octanol–water partition coefficient (Wildman–Crippen LogP) is 3.09. The largest absolute Gasteiger partial charge is 0.339 e. The van der Waals surface area contributed by atoms with E-state index in [0.717, 1.165) is 42.8 Å². The van der Waals surface area contributed by atoms with Crippen LogP contribution in [-0.2, 0) is 16.3 Å². The fourth-order valence-electron chi connectivity index (χ4n) is 2.58. The van der Waals surface area contributed by atoms with Crippen molar-refractivity contribution in [2.75, 3.05) is 13.1 Å². The summed E-state index contributed by atoms with van der Waals surface area (Å²) in [5.41, 5.74) is 2.11. The summed E-state index contributed by atoms with van der Waals surface area (Å²) in [7, 11) is 0. The van der Waals surface area contributed by atoms with Gasteiger partial charge in [0, 0.05) is 24.7 Å². The molecule has 4 heteroatoms. The molecule has 2 aliphatic rings. The van der Waals surface area contributed by atoms with Crippen LogP contribution in [0.4, 0.5) is 0 Å². The van der Waals surface area contributed by atoms with E-state index in [1.54, 1.807) is 12.2 Å². The first-order valence-electron chi connectivity index (χ1n) is 7.39. The van der Waals surface area contributed by atoms with Crippen LogP contribution in [0, 0.1) is 0 Å². The number of rotatable bonds is 3. The maximum atomic E-state index is 11.9. The van der Waals surface area contributed by atoms with E-state index >= 15 is 0 Å². The van der Waals surface area contributed by atoms with Gasteiger partial charge in [-0.25, -0.2) is 0 Å². The second-order valence-electron chi connectivity index (χ2n) is 5.32. The van der Waals surface area contributed by atoms with E-state index in [0.29, 0.717) is 6.61 Å².